The predicted octanol–water partition coefficient (Wildman–Crippen LogP) is 4.12. The van der Waals surface area contributed by atoms with Gasteiger partial charge in [-0.3, -0.25) is 9.59 Å². The molecule has 3 N–H and O–H groups in total. The Morgan fingerprint density at radius 3 is 2.43 bits per heavy atom. The van der Waals surface area contributed by atoms with Gasteiger partial charge >= 0.3 is 6.18 Å². The Labute approximate surface area is 160 Å². The number of hydrogen-bond donors (Lipinski definition) is 3. The molecule has 28 heavy (non-hydrogen) atoms. The van der Waals surface area contributed by atoms with E-state index in [1.807, 2.05) is 20.8 Å². The maximum Gasteiger partial charge on any atom is 0.418 e. The monoisotopic (exact) mass is 397 g/mol. The number of furan rings is 1. The van der Waals surface area contributed by atoms with E-state index < -0.39 is 23.6 Å². The molecule has 0 aliphatic heterocycles. The molecule has 0 aliphatic carbocycles. The molecule has 0 aliphatic rings. The molecule has 6 nitrogen and oxygen atoms in total. The third-order valence-corrected chi connectivity index (χ3v) is 4.16. The van der Waals surface area contributed by atoms with E-state index in [1.165, 1.54) is 30.5 Å². The van der Waals surface area contributed by atoms with Crippen LogP contribution in [-0.4, -0.2) is 24.4 Å². The average molecular weight is 397 g/mol. The minimum atomic E-state index is -4.67. The van der Waals surface area contributed by atoms with E-state index in [2.05, 4.69) is 16.0 Å². The maximum atomic E-state index is 13.4. The lowest BCUT2D eigenvalue weighted by atomic mass is 10.1. The van der Waals surface area contributed by atoms with Crippen LogP contribution >= 0.6 is 0 Å². The van der Waals surface area contributed by atoms with Gasteiger partial charge in [-0.05, 0) is 43.2 Å². The Morgan fingerprint density at radius 2 is 1.86 bits per heavy atom. The van der Waals surface area contributed by atoms with E-state index in [-0.39, 0.29) is 35.6 Å². The summed E-state index contributed by atoms with van der Waals surface area (Å²) >= 11 is 0. The van der Waals surface area contributed by atoms with Crippen LogP contribution in [0.4, 0.5) is 24.5 Å². The first-order valence-corrected chi connectivity index (χ1v) is 8.67. The summed E-state index contributed by atoms with van der Waals surface area (Å²) in [6.45, 7) is 5.37. The molecule has 0 saturated heterocycles. The third-order valence-electron chi connectivity index (χ3n) is 4.16. The van der Waals surface area contributed by atoms with Gasteiger partial charge in [-0.1, -0.05) is 13.8 Å². The molecule has 1 aromatic carbocycles. The third kappa shape index (κ3) is 5.77. The van der Waals surface area contributed by atoms with Gasteiger partial charge < -0.3 is 20.4 Å². The van der Waals surface area contributed by atoms with E-state index in [1.54, 1.807) is 0 Å². The van der Waals surface area contributed by atoms with Crippen LogP contribution < -0.4 is 16.0 Å². The zero-order chi connectivity index (χ0) is 20.9. The first-order valence-electron chi connectivity index (χ1n) is 8.67. The zero-order valence-corrected chi connectivity index (χ0v) is 15.7. The fourth-order valence-corrected chi connectivity index (χ4v) is 2.26. The Balaban J connectivity index is 2.12. The minimum Gasteiger partial charge on any atom is -0.459 e. The lowest BCUT2D eigenvalue weighted by molar-refractivity contribution is -0.137. The number of alkyl halides is 3. The summed E-state index contributed by atoms with van der Waals surface area (Å²) < 4.78 is 45.1. The van der Waals surface area contributed by atoms with Crippen molar-refractivity contribution in [1.29, 1.82) is 0 Å². The van der Waals surface area contributed by atoms with Gasteiger partial charge in [-0.2, -0.15) is 13.2 Å². The molecule has 0 saturated carbocycles. The second-order valence-electron chi connectivity index (χ2n) is 6.64. The van der Waals surface area contributed by atoms with Gasteiger partial charge in [-0.25, -0.2) is 0 Å². The van der Waals surface area contributed by atoms with Crippen molar-refractivity contribution in [2.45, 2.75) is 33.0 Å². The largest absolute Gasteiger partial charge is 0.459 e. The number of anilines is 2. The van der Waals surface area contributed by atoms with E-state index in [4.69, 9.17) is 4.42 Å². The van der Waals surface area contributed by atoms with Crippen LogP contribution in [0.5, 0.6) is 0 Å². The van der Waals surface area contributed by atoms with Crippen molar-refractivity contribution in [2.75, 3.05) is 17.2 Å². The first-order chi connectivity index (χ1) is 13.1. The molecule has 2 amide bonds. The van der Waals surface area contributed by atoms with Crippen LogP contribution in [0.2, 0.25) is 0 Å². The maximum absolute atomic E-state index is 13.4. The molecule has 0 fully saturated rings. The molecule has 2 rings (SSSR count). The van der Waals surface area contributed by atoms with Crippen LogP contribution in [-0.2, 0) is 11.0 Å². The quantitative estimate of drug-likeness (QED) is 0.656. The highest BCUT2D eigenvalue weighted by molar-refractivity contribution is 6.02. The SMILES string of the molecule is CC(C)C(C)NC(=O)CNc1ccc(NC(=O)c2ccco2)cc1C(F)(F)F. The van der Waals surface area contributed by atoms with Crippen molar-refractivity contribution in [3.63, 3.8) is 0 Å². The molecule has 1 unspecified atom stereocenters. The number of halogens is 3. The van der Waals surface area contributed by atoms with E-state index >= 15 is 0 Å². The van der Waals surface area contributed by atoms with Gasteiger partial charge in [0.25, 0.3) is 5.91 Å². The van der Waals surface area contributed by atoms with Crippen LogP contribution in [0.1, 0.15) is 36.9 Å². The number of rotatable bonds is 7. The molecule has 9 heteroatoms. The smallest absolute Gasteiger partial charge is 0.418 e. The molecule has 1 atom stereocenters. The number of carbonyl (C=O) groups is 2. The lowest BCUT2D eigenvalue weighted by Gasteiger charge is -2.19. The molecular formula is C19H22F3N3O3. The Morgan fingerprint density at radius 1 is 1.14 bits per heavy atom. The normalized spacial score (nSPS) is 12.5. The van der Waals surface area contributed by atoms with Gasteiger partial charge in [0.1, 0.15) is 0 Å². The van der Waals surface area contributed by atoms with Crippen molar-refractivity contribution >= 4 is 23.2 Å². The molecule has 152 valence electrons. The summed E-state index contributed by atoms with van der Waals surface area (Å²) in [5, 5.41) is 7.57. The van der Waals surface area contributed by atoms with Gasteiger partial charge in [0, 0.05) is 17.4 Å². The number of carbonyl (C=O) groups excluding carboxylic acids is 2. The standard InChI is InChI=1S/C19H22F3N3O3/c1-11(2)12(3)24-17(26)10-23-15-7-6-13(9-14(15)19(20,21)22)25-18(27)16-5-4-8-28-16/h4-9,11-12,23H,10H2,1-3H3,(H,24,26)(H,25,27). The van der Waals surface area contributed by atoms with Gasteiger partial charge in [-0.15, -0.1) is 0 Å². The number of benzene rings is 1. The Bertz CT molecular complexity index is 818. The Hall–Kier alpha value is -2.97. The minimum absolute atomic E-state index is 0.0216. The highest BCUT2D eigenvalue weighted by Gasteiger charge is 2.34. The van der Waals surface area contributed by atoms with Gasteiger partial charge in [0.2, 0.25) is 5.91 Å². The van der Waals surface area contributed by atoms with Crippen LogP contribution in [0.3, 0.4) is 0 Å². The summed E-state index contributed by atoms with van der Waals surface area (Å²) in [5.74, 6) is -0.899. The lowest BCUT2D eigenvalue weighted by Crippen LogP contribution is -2.39. The molecular weight excluding hydrogens is 375 g/mol. The highest BCUT2D eigenvalue weighted by Crippen LogP contribution is 2.36. The second-order valence-corrected chi connectivity index (χ2v) is 6.64. The predicted molar refractivity (Wildman–Crippen MR) is 99.0 cm³/mol. The zero-order valence-electron chi connectivity index (χ0n) is 15.7. The van der Waals surface area contributed by atoms with Crippen molar-refractivity contribution in [3.8, 4) is 0 Å². The Kier molecular flexibility index (Phi) is 6.71. The summed E-state index contributed by atoms with van der Waals surface area (Å²) in [6.07, 6.45) is -3.39. The van der Waals surface area contributed by atoms with Crippen molar-refractivity contribution < 1.29 is 27.2 Å². The first kappa shape index (κ1) is 21.3. The highest BCUT2D eigenvalue weighted by atomic mass is 19.4. The average Bonchev–Trinajstić information content (AvgIpc) is 3.14. The second kappa shape index (κ2) is 8.81. The molecule has 0 spiro atoms. The summed E-state index contributed by atoms with van der Waals surface area (Å²) in [7, 11) is 0. The summed E-state index contributed by atoms with van der Waals surface area (Å²) in [6, 6.07) is 6.07. The van der Waals surface area contributed by atoms with E-state index in [0.29, 0.717) is 0 Å². The van der Waals surface area contributed by atoms with E-state index in [0.717, 1.165) is 6.07 Å². The van der Waals surface area contributed by atoms with Crippen molar-refractivity contribution in [2.24, 2.45) is 5.92 Å². The van der Waals surface area contributed by atoms with Gasteiger partial charge in [0.05, 0.1) is 18.4 Å². The summed E-state index contributed by atoms with van der Waals surface area (Å²) in [4.78, 5) is 23.9. The van der Waals surface area contributed by atoms with Gasteiger partial charge in [0.15, 0.2) is 5.76 Å². The molecule has 1 heterocycles. The number of hydrogen-bond acceptors (Lipinski definition) is 4. The van der Waals surface area contributed by atoms with Crippen LogP contribution in [0.15, 0.2) is 41.0 Å². The fraction of sp³-hybridized carbons (Fsp3) is 0.368. The number of nitrogens with one attached hydrogen (secondary N) is 3. The molecule has 0 bridgehead atoms. The van der Waals surface area contributed by atoms with Crippen LogP contribution in [0.25, 0.3) is 0 Å². The molecule has 1 aromatic heterocycles. The number of amides is 2. The molecule has 2 aromatic rings. The van der Waals surface area contributed by atoms with E-state index in [9.17, 15) is 22.8 Å². The van der Waals surface area contributed by atoms with Crippen LogP contribution in [0, 0.1) is 5.92 Å². The molecule has 0 radical (unpaired) electrons. The summed E-state index contributed by atoms with van der Waals surface area (Å²) in [5.41, 5.74) is -1.29. The fourth-order valence-electron chi connectivity index (χ4n) is 2.26. The van der Waals surface area contributed by atoms with Crippen molar-refractivity contribution in [3.05, 3.63) is 47.9 Å². The topological polar surface area (TPSA) is 83.4 Å². The van der Waals surface area contributed by atoms with Crippen molar-refractivity contribution in [1.82, 2.24) is 5.32 Å².